The fourth-order valence-corrected chi connectivity index (χ4v) is 2.21. The lowest BCUT2D eigenvalue weighted by Crippen LogP contribution is -2.25. The molecule has 0 fully saturated rings. The van der Waals surface area contributed by atoms with Gasteiger partial charge in [-0.15, -0.1) is 0 Å². The predicted molar refractivity (Wildman–Crippen MR) is 88.5 cm³/mol. The van der Waals surface area contributed by atoms with Gasteiger partial charge in [-0.2, -0.15) is 0 Å². The van der Waals surface area contributed by atoms with Crippen molar-refractivity contribution < 1.29 is 14.1 Å². The van der Waals surface area contributed by atoms with E-state index in [1.165, 1.54) is 0 Å². The average molecular weight is 316 g/mol. The van der Waals surface area contributed by atoms with Gasteiger partial charge >= 0.3 is 0 Å². The van der Waals surface area contributed by atoms with Gasteiger partial charge in [-0.1, -0.05) is 31.1 Å². The fourth-order valence-electron chi connectivity index (χ4n) is 2.21. The van der Waals surface area contributed by atoms with Crippen molar-refractivity contribution in [2.24, 2.45) is 5.92 Å². The molecule has 0 bridgehead atoms. The molecule has 0 unspecified atom stereocenters. The molecule has 2 rings (SSSR count). The second-order valence-electron chi connectivity index (χ2n) is 6.03. The summed E-state index contributed by atoms with van der Waals surface area (Å²) in [5.74, 6) is 1.75. The van der Waals surface area contributed by atoms with Crippen LogP contribution in [0.15, 0.2) is 28.8 Å². The zero-order chi connectivity index (χ0) is 16.8. The third-order valence-corrected chi connectivity index (χ3v) is 3.69. The summed E-state index contributed by atoms with van der Waals surface area (Å²) in [6.07, 6.45) is 0.952. The molecule has 0 radical (unpaired) electrons. The molecule has 1 amide bonds. The summed E-state index contributed by atoms with van der Waals surface area (Å²) in [5.41, 5.74) is 2.27. The number of nitrogens with one attached hydrogen (secondary N) is 1. The zero-order valence-electron chi connectivity index (χ0n) is 14.2. The highest BCUT2D eigenvalue weighted by molar-refractivity contribution is 5.96. The number of carbonyl (C=O) groups excluding carboxylic acids is 1. The maximum atomic E-state index is 12.3. The van der Waals surface area contributed by atoms with Crippen LogP contribution in [-0.2, 0) is 6.61 Å². The van der Waals surface area contributed by atoms with E-state index in [9.17, 15) is 4.79 Å². The molecule has 2 aromatic rings. The molecule has 0 aliphatic rings. The number of rotatable bonds is 7. The standard InChI is InChI=1S/C18H24N2O3/c1-12(2)9-10-19-18(21)15-7-5-6-8-17(15)22-11-16-13(3)20-23-14(16)4/h5-8,12H,9-11H2,1-4H3,(H,19,21). The average Bonchev–Trinajstić information content (AvgIpc) is 2.84. The van der Waals surface area contributed by atoms with E-state index in [1.807, 2.05) is 26.0 Å². The molecule has 5 heteroatoms. The van der Waals surface area contributed by atoms with Gasteiger partial charge in [0.05, 0.1) is 16.8 Å². The van der Waals surface area contributed by atoms with Crippen LogP contribution in [0.25, 0.3) is 0 Å². The van der Waals surface area contributed by atoms with Crippen LogP contribution in [0.1, 0.15) is 47.6 Å². The maximum Gasteiger partial charge on any atom is 0.255 e. The van der Waals surface area contributed by atoms with Gasteiger partial charge in [0.15, 0.2) is 0 Å². The molecular weight excluding hydrogens is 292 g/mol. The maximum absolute atomic E-state index is 12.3. The van der Waals surface area contributed by atoms with Gasteiger partial charge in [-0.25, -0.2) is 0 Å². The van der Waals surface area contributed by atoms with Crippen molar-refractivity contribution in [2.75, 3.05) is 6.54 Å². The first kappa shape index (κ1) is 17.1. The topological polar surface area (TPSA) is 64.4 Å². The number of hydrogen-bond acceptors (Lipinski definition) is 4. The van der Waals surface area contributed by atoms with E-state index in [4.69, 9.17) is 9.26 Å². The van der Waals surface area contributed by atoms with Gasteiger partial charge in [0.2, 0.25) is 0 Å². The molecule has 0 spiro atoms. The molecule has 0 saturated heterocycles. The number of benzene rings is 1. The number of nitrogens with zero attached hydrogens (tertiary/aromatic N) is 1. The Labute approximate surface area is 137 Å². The SMILES string of the molecule is Cc1noc(C)c1COc1ccccc1C(=O)NCCC(C)C. The van der Waals surface area contributed by atoms with Gasteiger partial charge in [-0.3, -0.25) is 4.79 Å². The lowest BCUT2D eigenvalue weighted by Gasteiger charge is -2.12. The summed E-state index contributed by atoms with van der Waals surface area (Å²) in [4.78, 5) is 12.3. The summed E-state index contributed by atoms with van der Waals surface area (Å²) in [6, 6.07) is 7.26. The largest absolute Gasteiger partial charge is 0.488 e. The van der Waals surface area contributed by atoms with Gasteiger partial charge in [0.25, 0.3) is 5.91 Å². The van der Waals surface area contributed by atoms with Crippen molar-refractivity contribution in [3.05, 3.63) is 46.8 Å². The zero-order valence-corrected chi connectivity index (χ0v) is 14.2. The molecule has 0 aliphatic carbocycles. The molecular formula is C18H24N2O3. The highest BCUT2D eigenvalue weighted by Gasteiger charge is 2.14. The first-order valence-electron chi connectivity index (χ1n) is 7.90. The van der Waals surface area contributed by atoms with Gasteiger partial charge in [-0.05, 0) is 38.3 Å². The molecule has 0 saturated carbocycles. The summed E-state index contributed by atoms with van der Waals surface area (Å²) < 4.78 is 11.0. The number of aryl methyl sites for hydroxylation is 2. The predicted octanol–water partition coefficient (Wildman–Crippen LogP) is 3.65. The number of para-hydroxylation sites is 1. The summed E-state index contributed by atoms with van der Waals surface area (Å²) >= 11 is 0. The summed E-state index contributed by atoms with van der Waals surface area (Å²) in [7, 11) is 0. The second kappa shape index (κ2) is 7.81. The van der Waals surface area contributed by atoms with Crippen molar-refractivity contribution >= 4 is 5.91 Å². The Hall–Kier alpha value is -2.30. The van der Waals surface area contributed by atoms with Crippen molar-refractivity contribution in [2.45, 2.75) is 40.7 Å². The van der Waals surface area contributed by atoms with E-state index in [2.05, 4.69) is 24.3 Å². The molecule has 1 aromatic heterocycles. The van der Waals surface area contributed by atoms with Gasteiger partial charge in [0, 0.05) is 6.54 Å². The number of aromatic nitrogens is 1. The van der Waals surface area contributed by atoms with Crippen LogP contribution < -0.4 is 10.1 Å². The Kier molecular flexibility index (Phi) is 5.79. The molecule has 124 valence electrons. The third kappa shape index (κ3) is 4.58. The highest BCUT2D eigenvalue weighted by atomic mass is 16.5. The van der Waals surface area contributed by atoms with Gasteiger partial charge in [0.1, 0.15) is 18.1 Å². The van der Waals surface area contributed by atoms with Crippen LogP contribution in [0.4, 0.5) is 0 Å². The number of ether oxygens (including phenoxy) is 1. The smallest absolute Gasteiger partial charge is 0.255 e. The minimum absolute atomic E-state index is 0.111. The van der Waals surface area contributed by atoms with Crippen LogP contribution >= 0.6 is 0 Å². The van der Waals surface area contributed by atoms with Crippen molar-refractivity contribution in [1.82, 2.24) is 10.5 Å². The Morgan fingerprint density at radius 3 is 2.70 bits per heavy atom. The van der Waals surface area contributed by atoms with Crippen LogP contribution in [0.2, 0.25) is 0 Å². The number of amides is 1. The van der Waals surface area contributed by atoms with E-state index < -0.39 is 0 Å². The molecule has 5 nitrogen and oxygen atoms in total. The number of carbonyl (C=O) groups is 1. The summed E-state index contributed by atoms with van der Waals surface area (Å²) in [6.45, 7) is 8.98. The fraction of sp³-hybridized carbons (Fsp3) is 0.444. The monoisotopic (exact) mass is 316 g/mol. The van der Waals surface area contributed by atoms with Crippen molar-refractivity contribution in [3.8, 4) is 5.75 Å². The first-order valence-corrected chi connectivity index (χ1v) is 7.90. The Bertz CT molecular complexity index is 643. The Morgan fingerprint density at radius 1 is 1.30 bits per heavy atom. The van der Waals surface area contributed by atoms with Crippen LogP contribution in [0.3, 0.4) is 0 Å². The quantitative estimate of drug-likeness (QED) is 0.847. The van der Waals surface area contributed by atoms with Crippen molar-refractivity contribution in [3.63, 3.8) is 0 Å². The van der Waals surface area contributed by atoms with E-state index in [0.29, 0.717) is 30.4 Å². The minimum Gasteiger partial charge on any atom is -0.488 e. The molecule has 1 N–H and O–H groups in total. The highest BCUT2D eigenvalue weighted by Crippen LogP contribution is 2.21. The molecule has 1 aromatic carbocycles. The first-order chi connectivity index (χ1) is 11.0. The van der Waals surface area contributed by atoms with Crippen LogP contribution in [-0.4, -0.2) is 17.6 Å². The Balaban J connectivity index is 2.04. The third-order valence-electron chi connectivity index (χ3n) is 3.69. The Morgan fingerprint density at radius 2 is 2.04 bits per heavy atom. The van der Waals surface area contributed by atoms with E-state index in [0.717, 1.165) is 23.4 Å². The van der Waals surface area contributed by atoms with E-state index >= 15 is 0 Å². The van der Waals surface area contributed by atoms with E-state index in [-0.39, 0.29) is 5.91 Å². The second-order valence-corrected chi connectivity index (χ2v) is 6.03. The lowest BCUT2D eigenvalue weighted by molar-refractivity contribution is 0.0947. The number of hydrogen-bond donors (Lipinski definition) is 1. The molecule has 1 heterocycles. The van der Waals surface area contributed by atoms with Crippen molar-refractivity contribution in [1.29, 1.82) is 0 Å². The molecule has 23 heavy (non-hydrogen) atoms. The molecule has 0 atom stereocenters. The lowest BCUT2D eigenvalue weighted by atomic mass is 10.1. The summed E-state index contributed by atoms with van der Waals surface area (Å²) in [5, 5.41) is 6.85. The van der Waals surface area contributed by atoms with Crippen LogP contribution in [0.5, 0.6) is 5.75 Å². The normalized spacial score (nSPS) is 10.8. The minimum atomic E-state index is -0.111. The van der Waals surface area contributed by atoms with Gasteiger partial charge < -0.3 is 14.6 Å². The molecule has 0 aliphatic heterocycles. The van der Waals surface area contributed by atoms with E-state index in [1.54, 1.807) is 12.1 Å². The van der Waals surface area contributed by atoms with Crippen LogP contribution in [0, 0.1) is 19.8 Å².